The zero-order chi connectivity index (χ0) is 24.6. The summed E-state index contributed by atoms with van der Waals surface area (Å²) in [7, 11) is -15.8. The van der Waals surface area contributed by atoms with Gasteiger partial charge in [0, 0.05) is 19.7 Å². The highest BCUT2D eigenvalue weighted by Crippen LogP contribution is 2.67. The number of hydrogen-bond acceptors (Lipinski definition) is 11. The first-order valence-corrected chi connectivity index (χ1v) is 13.1. The zero-order valence-electron chi connectivity index (χ0n) is 15.8. The van der Waals surface area contributed by atoms with Crippen LogP contribution in [0, 0.1) is 0 Å². The topological polar surface area (TPSA) is 219 Å². The van der Waals surface area contributed by atoms with E-state index in [4.69, 9.17) is 27.0 Å². The molecular formula is C11H17ClF2N3O12P3. The normalized spacial score (nSPS) is 28.5. The van der Waals surface area contributed by atoms with Crippen molar-refractivity contribution in [3.63, 3.8) is 0 Å². The first-order valence-electron chi connectivity index (χ1n) is 8.03. The van der Waals surface area contributed by atoms with Gasteiger partial charge in [-0.1, -0.05) is 0 Å². The fourth-order valence-corrected chi connectivity index (χ4v) is 6.04. The molecule has 0 saturated carbocycles. The van der Waals surface area contributed by atoms with Crippen LogP contribution in [0.2, 0.25) is 0 Å². The van der Waals surface area contributed by atoms with Crippen molar-refractivity contribution in [2.45, 2.75) is 24.2 Å². The molecule has 15 nitrogen and oxygen atoms in total. The predicted octanol–water partition coefficient (Wildman–Crippen LogP) is 1.35. The number of halogens is 3. The fraction of sp³-hybridized carbons (Fsp3) is 0.636. The van der Waals surface area contributed by atoms with Crippen LogP contribution in [0.3, 0.4) is 0 Å². The molecule has 0 radical (unpaired) electrons. The first-order chi connectivity index (χ1) is 14.5. The Labute approximate surface area is 182 Å². The third-order valence-corrected chi connectivity index (χ3v) is 8.47. The van der Waals surface area contributed by atoms with Crippen molar-refractivity contribution in [3.8, 4) is 0 Å². The predicted molar refractivity (Wildman–Crippen MR) is 101 cm³/mol. The number of nitrogens with zero attached hydrogens (tertiary/aromatic N) is 2. The molecule has 5 N–H and O–H groups in total. The van der Waals surface area contributed by atoms with E-state index < -0.39 is 65.8 Å². The van der Waals surface area contributed by atoms with Crippen LogP contribution in [0.4, 0.5) is 14.6 Å². The Bertz CT molecular complexity index is 1060. The van der Waals surface area contributed by atoms with Gasteiger partial charge in [-0.2, -0.15) is 13.6 Å². The van der Waals surface area contributed by atoms with Crippen molar-refractivity contribution in [3.05, 3.63) is 22.7 Å². The van der Waals surface area contributed by atoms with Crippen LogP contribution < -0.4 is 11.4 Å². The van der Waals surface area contributed by atoms with Gasteiger partial charge in [0.15, 0.2) is 0 Å². The maximum absolute atomic E-state index is 14.6. The Morgan fingerprint density at radius 2 is 1.88 bits per heavy atom. The molecule has 2 heterocycles. The Balaban J connectivity index is 2.18. The maximum Gasteiger partial charge on any atom is 0.490 e. The van der Waals surface area contributed by atoms with E-state index in [1.807, 2.05) is 0 Å². The van der Waals surface area contributed by atoms with Crippen LogP contribution in [-0.4, -0.2) is 55.4 Å². The standard InChI is InChI=1S/C11H17ClF2N3O12P3/c1-25-30(19,20)28-32(23,24)29-31(21,22)26-6-10(5-12)4-11(13,14)8(27-10)17-3-2-7(15)16-9(17)18/h2-3,8H,4-6H2,1H3,(H,19,20)(H,21,22)(H,23,24)(H2,15,16,18)/t8-,10-/m1/s1. The van der Waals surface area contributed by atoms with E-state index >= 15 is 0 Å². The molecule has 1 aromatic rings. The number of nitrogens with two attached hydrogens (primary N) is 1. The van der Waals surface area contributed by atoms with Gasteiger partial charge in [0.1, 0.15) is 11.4 Å². The number of aromatic nitrogens is 2. The average molecular weight is 550 g/mol. The zero-order valence-corrected chi connectivity index (χ0v) is 19.3. The van der Waals surface area contributed by atoms with E-state index in [0.717, 1.165) is 12.3 Å². The van der Waals surface area contributed by atoms with Crippen LogP contribution >= 0.6 is 35.1 Å². The molecule has 5 atom stereocenters. The second-order valence-electron chi connectivity index (χ2n) is 6.29. The minimum atomic E-state index is -5.70. The summed E-state index contributed by atoms with van der Waals surface area (Å²) in [5, 5.41) is 0. The van der Waals surface area contributed by atoms with Crippen molar-refractivity contribution < 1.29 is 59.6 Å². The van der Waals surface area contributed by atoms with Gasteiger partial charge in [-0.05, 0) is 6.07 Å². The molecular weight excluding hydrogens is 533 g/mol. The van der Waals surface area contributed by atoms with E-state index in [2.05, 4.69) is 22.7 Å². The minimum Gasteiger partial charge on any atom is -0.383 e. The molecule has 0 aliphatic carbocycles. The molecule has 0 amide bonds. The molecule has 2 rings (SSSR count). The highest BCUT2D eigenvalue weighted by Gasteiger charge is 2.59. The quantitative estimate of drug-likeness (QED) is 0.239. The van der Waals surface area contributed by atoms with Gasteiger partial charge in [-0.3, -0.25) is 13.6 Å². The monoisotopic (exact) mass is 549 g/mol. The summed E-state index contributed by atoms with van der Waals surface area (Å²) in [5.74, 6) is -4.74. The molecule has 1 aromatic heterocycles. The molecule has 1 aliphatic heterocycles. The number of hydrogen-bond donors (Lipinski definition) is 4. The number of ether oxygens (including phenoxy) is 1. The van der Waals surface area contributed by atoms with Crippen LogP contribution in [0.25, 0.3) is 0 Å². The smallest absolute Gasteiger partial charge is 0.383 e. The van der Waals surface area contributed by atoms with Crippen LogP contribution in [0.15, 0.2) is 17.1 Å². The van der Waals surface area contributed by atoms with Gasteiger partial charge >= 0.3 is 29.2 Å². The molecule has 1 fully saturated rings. The van der Waals surface area contributed by atoms with E-state index in [-0.39, 0.29) is 5.82 Å². The molecule has 1 aliphatic rings. The number of alkyl halides is 3. The van der Waals surface area contributed by atoms with E-state index in [1.165, 1.54) is 0 Å². The Hall–Kier alpha value is -0.800. The largest absolute Gasteiger partial charge is 0.490 e. The lowest BCUT2D eigenvalue weighted by molar-refractivity contribution is -0.137. The lowest BCUT2D eigenvalue weighted by Gasteiger charge is -2.27. The molecule has 0 spiro atoms. The van der Waals surface area contributed by atoms with Crippen molar-refractivity contribution >= 4 is 40.9 Å². The van der Waals surface area contributed by atoms with Gasteiger partial charge in [0.25, 0.3) is 5.92 Å². The summed E-state index contributed by atoms with van der Waals surface area (Å²) >= 11 is 5.69. The number of anilines is 1. The summed E-state index contributed by atoms with van der Waals surface area (Å²) in [6.45, 7) is -1.20. The Morgan fingerprint density at radius 1 is 1.28 bits per heavy atom. The molecule has 1 saturated heterocycles. The van der Waals surface area contributed by atoms with Crippen LogP contribution in [0.1, 0.15) is 12.6 Å². The van der Waals surface area contributed by atoms with Gasteiger partial charge in [0.05, 0.1) is 12.5 Å². The van der Waals surface area contributed by atoms with E-state index in [0.29, 0.717) is 11.7 Å². The number of nitrogen functional groups attached to an aromatic ring is 1. The highest BCUT2D eigenvalue weighted by molar-refractivity contribution is 7.66. The summed E-state index contributed by atoms with van der Waals surface area (Å²) in [6.07, 6.45) is -2.58. The third kappa shape index (κ3) is 6.86. The van der Waals surface area contributed by atoms with Gasteiger partial charge < -0.3 is 25.2 Å². The summed E-state index contributed by atoms with van der Waals surface area (Å²) < 4.78 is 85.2. The summed E-state index contributed by atoms with van der Waals surface area (Å²) in [6, 6.07) is 1.05. The Morgan fingerprint density at radius 3 is 2.41 bits per heavy atom. The van der Waals surface area contributed by atoms with Gasteiger partial charge in [-0.15, -0.1) is 11.6 Å². The molecule has 0 bridgehead atoms. The second kappa shape index (κ2) is 9.45. The molecule has 184 valence electrons. The van der Waals surface area contributed by atoms with E-state index in [9.17, 15) is 37.1 Å². The van der Waals surface area contributed by atoms with Crippen molar-refractivity contribution in [2.24, 2.45) is 0 Å². The fourth-order valence-electron chi connectivity index (χ4n) is 2.48. The number of phosphoric ester groups is 2. The summed E-state index contributed by atoms with van der Waals surface area (Å²) in [5.41, 5.74) is 1.94. The lowest BCUT2D eigenvalue weighted by atomic mass is 10.0. The molecule has 3 unspecified atom stereocenters. The van der Waals surface area contributed by atoms with Crippen molar-refractivity contribution in [2.75, 3.05) is 25.3 Å². The third-order valence-electron chi connectivity index (χ3n) is 3.76. The number of phosphoric acid groups is 3. The summed E-state index contributed by atoms with van der Waals surface area (Å²) in [4.78, 5) is 43.1. The SMILES string of the molecule is COP(=O)(O)OP(=O)(O)OP(=O)(O)OC[C@]1(CCl)CC(F)(F)[C@H](n2ccc(N)nc2=O)O1. The Kier molecular flexibility index (Phi) is 8.10. The van der Waals surface area contributed by atoms with Gasteiger partial charge in [0.2, 0.25) is 6.23 Å². The minimum absolute atomic E-state index is 0.241. The number of rotatable bonds is 10. The molecule has 32 heavy (non-hydrogen) atoms. The van der Waals surface area contributed by atoms with Crippen LogP contribution in [-0.2, 0) is 36.1 Å². The lowest BCUT2D eigenvalue weighted by Crippen LogP contribution is -2.37. The van der Waals surface area contributed by atoms with E-state index in [1.54, 1.807) is 0 Å². The first kappa shape index (κ1) is 27.4. The van der Waals surface area contributed by atoms with Crippen molar-refractivity contribution in [1.82, 2.24) is 9.55 Å². The molecule has 21 heteroatoms. The van der Waals surface area contributed by atoms with Crippen LogP contribution in [0.5, 0.6) is 0 Å². The van der Waals surface area contributed by atoms with Gasteiger partial charge in [-0.25, -0.2) is 27.3 Å². The second-order valence-corrected chi connectivity index (χ2v) is 11.3. The maximum atomic E-state index is 14.6. The molecule has 0 aromatic carbocycles. The highest BCUT2D eigenvalue weighted by atomic mass is 35.5. The van der Waals surface area contributed by atoms with Crippen molar-refractivity contribution in [1.29, 1.82) is 0 Å². The average Bonchev–Trinajstić information content (AvgIpc) is 2.90.